The average Bonchev–Trinajstić information content (AvgIpc) is 2.11. The van der Waals surface area contributed by atoms with E-state index in [2.05, 4.69) is 0 Å². The molecular weight excluding hydrogens is 270 g/mol. The van der Waals surface area contributed by atoms with Crippen LogP contribution in [0.15, 0.2) is 24.3 Å². The lowest BCUT2D eigenvalue weighted by atomic mass is 10.4. The number of halogens is 4. The normalized spacial score (nSPS) is 8.00. The van der Waals surface area contributed by atoms with E-state index in [0.717, 1.165) is 0 Å². The molecule has 0 amide bonds. The molecule has 0 aromatic heterocycles. The Balaban J connectivity index is 0. The van der Waals surface area contributed by atoms with Gasteiger partial charge in [-0.2, -0.15) is 0 Å². The highest BCUT2D eigenvalue weighted by molar-refractivity contribution is 6.67. The van der Waals surface area contributed by atoms with Crippen LogP contribution in [0.25, 0.3) is 0 Å². The Morgan fingerprint density at radius 1 is 1.14 bits per heavy atom. The highest BCUT2D eigenvalue weighted by Crippen LogP contribution is 2.19. The van der Waals surface area contributed by atoms with E-state index in [1.807, 2.05) is 12.1 Å². The summed E-state index contributed by atoms with van der Waals surface area (Å²) in [6, 6.07) is 7.19. The maximum Gasteiger partial charge on any atom is 0.236 e. The molecule has 0 heterocycles. The van der Waals surface area contributed by atoms with E-state index in [0.29, 0.717) is 10.0 Å². The van der Waals surface area contributed by atoms with Crippen molar-refractivity contribution in [2.45, 2.75) is 0 Å². The van der Waals surface area contributed by atoms with Crippen LogP contribution in [-0.4, -0.2) is 16.6 Å². The van der Waals surface area contributed by atoms with Gasteiger partial charge in [-0.25, -0.2) is 0 Å². The van der Waals surface area contributed by atoms with Crippen LogP contribution in [0, 0.1) is 0 Å². The lowest BCUT2D eigenvalue weighted by Crippen LogP contribution is -1.81. The molecule has 0 spiro atoms. The van der Waals surface area contributed by atoms with Crippen molar-refractivity contribution in [3.05, 3.63) is 34.3 Å². The van der Waals surface area contributed by atoms with Crippen LogP contribution in [0.3, 0.4) is 0 Å². The summed E-state index contributed by atoms with van der Waals surface area (Å²) in [6.07, 6.45) is 0. The number of hydrogen-bond donors (Lipinski definition) is 0. The smallest absolute Gasteiger partial charge is 0.236 e. The van der Waals surface area contributed by atoms with Gasteiger partial charge in [-0.15, -0.1) is 11.6 Å². The largest absolute Gasteiger partial charge is 0.412 e. The molecule has 2 nitrogen and oxygen atoms in total. The van der Waals surface area contributed by atoms with Crippen molar-refractivity contribution < 1.29 is 10.3 Å². The molecule has 0 bridgehead atoms. The summed E-state index contributed by atoms with van der Waals surface area (Å²) in [7, 11) is 0. The van der Waals surface area contributed by atoms with Crippen molar-refractivity contribution in [1.29, 1.82) is 0 Å². The van der Waals surface area contributed by atoms with Gasteiger partial charge in [0.05, 0.1) is 15.9 Å². The second-order valence-corrected chi connectivity index (χ2v) is 3.41. The molecule has 6 heteroatoms. The fraction of sp³-hybridized carbons (Fsp3) is 0.125. The fourth-order valence-electron chi connectivity index (χ4n) is 0.439. The summed E-state index contributed by atoms with van der Waals surface area (Å²) in [5.74, 6) is -0.0957. The second-order valence-electron chi connectivity index (χ2n) is 1.90. The number of carbonyl (C=O) groups excluding carboxylic acids is 1. The van der Waals surface area contributed by atoms with Gasteiger partial charge in [0, 0.05) is 0 Å². The van der Waals surface area contributed by atoms with Gasteiger partial charge in [0.1, 0.15) is 0 Å². The lowest BCUT2D eigenvalue weighted by Gasteiger charge is -1.88. The lowest BCUT2D eigenvalue weighted by molar-refractivity contribution is -0.109. The van der Waals surface area contributed by atoms with E-state index in [1.165, 1.54) is 0 Å². The van der Waals surface area contributed by atoms with Gasteiger partial charge in [0.2, 0.25) is 5.24 Å². The van der Waals surface area contributed by atoms with Crippen molar-refractivity contribution in [2.24, 2.45) is 0 Å². The summed E-state index contributed by atoms with van der Waals surface area (Å²) in [6.45, 7) is 0. The van der Waals surface area contributed by atoms with Crippen LogP contribution in [0.4, 0.5) is 0 Å². The van der Waals surface area contributed by atoms with Crippen LogP contribution in [0.1, 0.15) is 0 Å². The monoisotopic (exact) mass is 276 g/mol. The van der Waals surface area contributed by atoms with Gasteiger partial charge < -0.3 is 5.48 Å². The van der Waals surface area contributed by atoms with Crippen molar-refractivity contribution in [3.8, 4) is 0 Å². The summed E-state index contributed by atoms with van der Waals surface area (Å²) in [4.78, 5) is 9.45. The minimum Gasteiger partial charge on any atom is -0.412 e. The van der Waals surface area contributed by atoms with Crippen molar-refractivity contribution in [3.63, 3.8) is 0 Å². The standard InChI is InChI=1S/C6H4Cl2.C2H2Cl2O.H2O/c7-5-3-1-2-4-6(5)8;3-1-2(4)5;/h1-4H;1H2;1H2. The van der Waals surface area contributed by atoms with Gasteiger partial charge in [0.15, 0.2) is 0 Å². The fourth-order valence-corrected chi connectivity index (χ4v) is 0.711. The molecule has 1 aromatic rings. The molecular formula is C8H8Cl4O2. The highest BCUT2D eigenvalue weighted by atomic mass is 35.5. The van der Waals surface area contributed by atoms with E-state index in [9.17, 15) is 4.79 Å². The topological polar surface area (TPSA) is 48.6 Å². The van der Waals surface area contributed by atoms with E-state index >= 15 is 0 Å². The van der Waals surface area contributed by atoms with Crippen molar-refractivity contribution in [1.82, 2.24) is 0 Å². The van der Waals surface area contributed by atoms with Crippen molar-refractivity contribution >= 4 is 51.6 Å². The van der Waals surface area contributed by atoms with Gasteiger partial charge >= 0.3 is 0 Å². The Hall–Kier alpha value is 0.01000. The average molecular weight is 278 g/mol. The van der Waals surface area contributed by atoms with Crippen molar-refractivity contribution in [2.75, 3.05) is 5.88 Å². The quantitative estimate of drug-likeness (QED) is 0.575. The highest BCUT2D eigenvalue weighted by Gasteiger charge is 1.89. The van der Waals surface area contributed by atoms with E-state index in [1.54, 1.807) is 12.1 Å². The number of hydrogen-bond acceptors (Lipinski definition) is 1. The Morgan fingerprint density at radius 3 is 1.57 bits per heavy atom. The molecule has 0 saturated heterocycles. The minimum absolute atomic E-state index is 0. The second kappa shape index (κ2) is 9.56. The number of benzene rings is 1. The Kier molecular flexibility index (Phi) is 11.2. The molecule has 0 saturated carbocycles. The maximum absolute atomic E-state index is 9.45. The molecule has 14 heavy (non-hydrogen) atoms. The predicted octanol–water partition coefficient (Wildman–Crippen LogP) is 3.16. The summed E-state index contributed by atoms with van der Waals surface area (Å²) >= 11 is 20.7. The predicted molar refractivity (Wildman–Crippen MR) is 61.7 cm³/mol. The first-order chi connectivity index (χ1) is 6.07. The first-order valence-electron chi connectivity index (χ1n) is 3.22. The Morgan fingerprint density at radius 2 is 1.43 bits per heavy atom. The molecule has 0 aliphatic heterocycles. The Bertz CT molecular complexity index is 257. The summed E-state index contributed by atoms with van der Waals surface area (Å²) < 4.78 is 0. The molecule has 0 aliphatic carbocycles. The van der Waals surface area contributed by atoms with Gasteiger partial charge in [-0.1, -0.05) is 35.3 Å². The third-order valence-corrected chi connectivity index (χ3v) is 2.20. The zero-order valence-electron chi connectivity index (χ0n) is 6.94. The minimum atomic E-state index is -0.508. The van der Waals surface area contributed by atoms with Crippen LogP contribution < -0.4 is 0 Å². The number of rotatable bonds is 1. The van der Waals surface area contributed by atoms with E-state index < -0.39 is 5.24 Å². The van der Waals surface area contributed by atoms with Gasteiger partial charge in [-0.3, -0.25) is 4.79 Å². The number of alkyl halides is 1. The summed E-state index contributed by atoms with van der Waals surface area (Å²) in [5, 5.41) is 0.704. The molecule has 1 rings (SSSR count). The molecule has 80 valence electrons. The molecule has 0 aliphatic rings. The molecule has 2 N–H and O–H groups in total. The van der Waals surface area contributed by atoms with Gasteiger partial charge in [-0.05, 0) is 23.7 Å². The maximum atomic E-state index is 9.45. The third-order valence-electron chi connectivity index (χ3n) is 0.929. The first-order valence-corrected chi connectivity index (χ1v) is 4.89. The van der Waals surface area contributed by atoms with Crippen LogP contribution >= 0.6 is 46.4 Å². The molecule has 0 unspecified atom stereocenters. The van der Waals surface area contributed by atoms with Crippen LogP contribution in [-0.2, 0) is 4.79 Å². The molecule has 0 radical (unpaired) electrons. The SMILES string of the molecule is Clc1ccccc1Cl.O.O=C(Cl)CCl. The zero-order chi connectivity index (χ0) is 10.3. The molecule has 1 aromatic carbocycles. The van der Waals surface area contributed by atoms with E-state index in [4.69, 9.17) is 46.4 Å². The van der Waals surface area contributed by atoms with Gasteiger partial charge in [0.25, 0.3) is 0 Å². The van der Waals surface area contributed by atoms with Crippen LogP contribution in [0.2, 0.25) is 10.0 Å². The van der Waals surface area contributed by atoms with Crippen LogP contribution in [0.5, 0.6) is 0 Å². The first kappa shape index (κ1) is 16.4. The Labute approximate surface area is 102 Å². The summed E-state index contributed by atoms with van der Waals surface area (Å²) in [5.41, 5.74) is 0. The molecule has 0 fully saturated rings. The van der Waals surface area contributed by atoms with E-state index in [-0.39, 0.29) is 11.4 Å². The zero-order valence-corrected chi connectivity index (χ0v) is 9.96. The third kappa shape index (κ3) is 8.60. The number of carbonyl (C=O) groups is 1. The molecule has 0 atom stereocenters.